The molecule has 1 aromatic rings. The Hall–Kier alpha value is -0.840. The number of aromatic nitrogens is 2. The van der Waals surface area contributed by atoms with E-state index in [0.29, 0.717) is 0 Å². The first kappa shape index (κ1) is 13.2. The lowest BCUT2D eigenvalue weighted by molar-refractivity contribution is 0.566. The lowest BCUT2D eigenvalue weighted by Gasteiger charge is -2.10. The third-order valence-corrected chi connectivity index (χ3v) is 3.03. The van der Waals surface area contributed by atoms with Crippen molar-refractivity contribution >= 4 is 27.6 Å². The molecule has 0 radical (unpaired) electrons. The quantitative estimate of drug-likeness (QED) is 0.789. The normalized spacial score (nSPS) is 10.6. The molecule has 0 unspecified atom stereocenters. The zero-order valence-electron chi connectivity index (χ0n) is 10.0. The maximum absolute atomic E-state index is 4.19. The van der Waals surface area contributed by atoms with Crippen molar-refractivity contribution in [3.05, 3.63) is 10.8 Å². The van der Waals surface area contributed by atoms with Gasteiger partial charge < -0.3 is 10.6 Å². The van der Waals surface area contributed by atoms with Crippen LogP contribution in [-0.4, -0.2) is 23.6 Å². The molecule has 0 amide bonds. The standard InChI is InChI=1S/C11H19BrN4/c1-8(2)5-4-6-14-11-9(12)10(13-3)15-7-16-11/h7-8H,4-6H2,1-3H3,(H2,13,14,15,16). The lowest BCUT2D eigenvalue weighted by Crippen LogP contribution is -2.07. The summed E-state index contributed by atoms with van der Waals surface area (Å²) in [7, 11) is 1.84. The van der Waals surface area contributed by atoms with Gasteiger partial charge in [-0.3, -0.25) is 0 Å². The minimum absolute atomic E-state index is 0.753. The predicted octanol–water partition coefficient (Wildman–Crippen LogP) is 3.13. The molecular formula is C11H19BrN4. The van der Waals surface area contributed by atoms with Crippen molar-refractivity contribution in [1.82, 2.24) is 9.97 Å². The van der Waals surface area contributed by atoms with Crippen LogP contribution in [0.2, 0.25) is 0 Å². The summed E-state index contributed by atoms with van der Waals surface area (Å²) in [6.07, 6.45) is 3.94. The van der Waals surface area contributed by atoms with Gasteiger partial charge in [0, 0.05) is 13.6 Å². The summed E-state index contributed by atoms with van der Waals surface area (Å²) in [5, 5.41) is 6.31. The molecular weight excluding hydrogens is 268 g/mol. The van der Waals surface area contributed by atoms with Crippen LogP contribution in [0.5, 0.6) is 0 Å². The molecule has 0 spiro atoms. The molecule has 0 fully saturated rings. The number of hydrogen-bond donors (Lipinski definition) is 2. The first-order chi connectivity index (χ1) is 7.65. The van der Waals surface area contributed by atoms with Crippen molar-refractivity contribution in [1.29, 1.82) is 0 Å². The summed E-state index contributed by atoms with van der Waals surface area (Å²) in [6.45, 7) is 5.41. The highest BCUT2D eigenvalue weighted by atomic mass is 79.9. The lowest BCUT2D eigenvalue weighted by atomic mass is 10.1. The Kier molecular flexibility index (Phi) is 5.52. The zero-order chi connectivity index (χ0) is 12.0. The third kappa shape index (κ3) is 3.96. The highest BCUT2D eigenvalue weighted by molar-refractivity contribution is 9.10. The van der Waals surface area contributed by atoms with Gasteiger partial charge >= 0.3 is 0 Å². The molecule has 1 rings (SSSR count). The van der Waals surface area contributed by atoms with Gasteiger partial charge in [0.25, 0.3) is 0 Å². The van der Waals surface area contributed by atoms with Crippen LogP contribution in [0, 0.1) is 5.92 Å². The van der Waals surface area contributed by atoms with Gasteiger partial charge in [-0.2, -0.15) is 0 Å². The van der Waals surface area contributed by atoms with Crippen LogP contribution >= 0.6 is 15.9 Å². The van der Waals surface area contributed by atoms with E-state index in [0.717, 1.165) is 35.0 Å². The molecule has 16 heavy (non-hydrogen) atoms. The first-order valence-electron chi connectivity index (χ1n) is 5.57. The summed E-state index contributed by atoms with van der Waals surface area (Å²) in [5.74, 6) is 2.41. The number of rotatable bonds is 6. The van der Waals surface area contributed by atoms with E-state index >= 15 is 0 Å². The van der Waals surface area contributed by atoms with Crippen molar-refractivity contribution in [2.75, 3.05) is 24.2 Å². The molecule has 90 valence electrons. The first-order valence-corrected chi connectivity index (χ1v) is 6.36. The fourth-order valence-electron chi connectivity index (χ4n) is 1.38. The predicted molar refractivity (Wildman–Crippen MR) is 71.8 cm³/mol. The Bertz CT molecular complexity index is 328. The molecule has 5 heteroatoms. The fraction of sp³-hybridized carbons (Fsp3) is 0.636. The topological polar surface area (TPSA) is 49.8 Å². The van der Waals surface area contributed by atoms with Gasteiger partial charge in [-0.05, 0) is 34.7 Å². The summed E-state index contributed by atoms with van der Waals surface area (Å²) in [4.78, 5) is 8.30. The summed E-state index contributed by atoms with van der Waals surface area (Å²) in [6, 6.07) is 0. The van der Waals surface area contributed by atoms with Gasteiger partial charge in [0.05, 0.1) is 0 Å². The molecule has 0 bridgehead atoms. The van der Waals surface area contributed by atoms with Crippen molar-refractivity contribution in [2.24, 2.45) is 5.92 Å². The van der Waals surface area contributed by atoms with Gasteiger partial charge in [0.1, 0.15) is 22.4 Å². The van der Waals surface area contributed by atoms with Crippen LogP contribution in [0.1, 0.15) is 26.7 Å². The molecule has 0 aliphatic heterocycles. The Balaban J connectivity index is 2.47. The van der Waals surface area contributed by atoms with Crippen LogP contribution in [0.3, 0.4) is 0 Å². The second-order valence-electron chi connectivity index (χ2n) is 4.10. The van der Waals surface area contributed by atoms with Crippen LogP contribution < -0.4 is 10.6 Å². The number of anilines is 2. The van der Waals surface area contributed by atoms with E-state index in [1.807, 2.05) is 7.05 Å². The highest BCUT2D eigenvalue weighted by Crippen LogP contribution is 2.25. The van der Waals surface area contributed by atoms with Crippen LogP contribution in [0.25, 0.3) is 0 Å². The Labute approximate surface area is 105 Å². The van der Waals surface area contributed by atoms with Gasteiger partial charge in [0.2, 0.25) is 0 Å². The molecule has 4 nitrogen and oxygen atoms in total. The average molecular weight is 287 g/mol. The molecule has 0 saturated heterocycles. The number of nitrogens with zero attached hydrogens (tertiary/aromatic N) is 2. The van der Waals surface area contributed by atoms with Crippen molar-refractivity contribution in [2.45, 2.75) is 26.7 Å². The highest BCUT2D eigenvalue weighted by Gasteiger charge is 2.06. The molecule has 0 aromatic carbocycles. The van der Waals surface area contributed by atoms with Gasteiger partial charge in [0.15, 0.2) is 0 Å². The average Bonchev–Trinajstić information content (AvgIpc) is 2.26. The monoisotopic (exact) mass is 286 g/mol. The van der Waals surface area contributed by atoms with E-state index < -0.39 is 0 Å². The van der Waals surface area contributed by atoms with Crippen LogP contribution in [0.4, 0.5) is 11.6 Å². The maximum Gasteiger partial charge on any atom is 0.145 e. The second-order valence-corrected chi connectivity index (χ2v) is 4.89. The Morgan fingerprint density at radius 3 is 2.62 bits per heavy atom. The van der Waals surface area contributed by atoms with E-state index in [4.69, 9.17) is 0 Å². The SMILES string of the molecule is CNc1ncnc(NCCCC(C)C)c1Br. The second kappa shape index (κ2) is 6.68. The summed E-state index contributed by atoms with van der Waals surface area (Å²) >= 11 is 3.47. The molecule has 0 atom stereocenters. The van der Waals surface area contributed by atoms with Gasteiger partial charge in [-0.25, -0.2) is 9.97 Å². The maximum atomic E-state index is 4.19. The molecule has 1 heterocycles. The number of halogens is 1. The smallest absolute Gasteiger partial charge is 0.145 e. The minimum atomic E-state index is 0.753. The van der Waals surface area contributed by atoms with Crippen molar-refractivity contribution < 1.29 is 0 Å². The third-order valence-electron chi connectivity index (χ3n) is 2.28. The van der Waals surface area contributed by atoms with Crippen LogP contribution in [-0.2, 0) is 0 Å². The summed E-state index contributed by atoms with van der Waals surface area (Å²) in [5.41, 5.74) is 0. The van der Waals surface area contributed by atoms with Crippen molar-refractivity contribution in [3.63, 3.8) is 0 Å². The Morgan fingerprint density at radius 2 is 2.00 bits per heavy atom. The minimum Gasteiger partial charge on any atom is -0.372 e. The molecule has 1 aromatic heterocycles. The fourth-order valence-corrected chi connectivity index (χ4v) is 1.93. The van der Waals surface area contributed by atoms with E-state index in [1.54, 1.807) is 6.33 Å². The molecule has 0 aliphatic rings. The Morgan fingerprint density at radius 1 is 1.31 bits per heavy atom. The number of hydrogen-bond acceptors (Lipinski definition) is 4. The van der Waals surface area contributed by atoms with E-state index in [9.17, 15) is 0 Å². The summed E-state index contributed by atoms with van der Waals surface area (Å²) < 4.78 is 0.891. The van der Waals surface area contributed by atoms with Gasteiger partial charge in [-0.1, -0.05) is 13.8 Å². The van der Waals surface area contributed by atoms with E-state index in [2.05, 4.69) is 50.4 Å². The molecule has 0 saturated carbocycles. The largest absolute Gasteiger partial charge is 0.372 e. The molecule has 0 aliphatic carbocycles. The van der Waals surface area contributed by atoms with Gasteiger partial charge in [-0.15, -0.1) is 0 Å². The zero-order valence-corrected chi connectivity index (χ0v) is 11.6. The van der Waals surface area contributed by atoms with E-state index in [-0.39, 0.29) is 0 Å². The van der Waals surface area contributed by atoms with Crippen molar-refractivity contribution in [3.8, 4) is 0 Å². The van der Waals surface area contributed by atoms with E-state index in [1.165, 1.54) is 6.42 Å². The van der Waals surface area contributed by atoms with Crippen LogP contribution in [0.15, 0.2) is 10.8 Å². The number of nitrogens with one attached hydrogen (secondary N) is 2. The molecule has 2 N–H and O–H groups in total.